The molecule has 2 aliphatic rings. The van der Waals surface area contributed by atoms with Gasteiger partial charge in [-0.2, -0.15) is 13.2 Å². The molecule has 1 unspecified atom stereocenters. The number of hydrogen-bond acceptors (Lipinski definition) is 2. The Morgan fingerprint density at radius 1 is 1.11 bits per heavy atom. The SMILES string of the molecule is FC(F)(F)COCCC(CNC1CC1)C1CCCC1. The Morgan fingerprint density at radius 2 is 1.79 bits per heavy atom. The van der Waals surface area contributed by atoms with Crippen molar-refractivity contribution in [3.05, 3.63) is 0 Å². The smallest absolute Gasteiger partial charge is 0.372 e. The summed E-state index contributed by atoms with van der Waals surface area (Å²) in [4.78, 5) is 0. The van der Waals surface area contributed by atoms with Gasteiger partial charge in [-0.1, -0.05) is 25.7 Å². The van der Waals surface area contributed by atoms with Crippen LogP contribution in [0.4, 0.5) is 13.2 Å². The largest absolute Gasteiger partial charge is 0.411 e. The van der Waals surface area contributed by atoms with Crippen molar-refractivity contribution in [2.75, 3.05) is 19.8 Å². The van der Waals surface area contributed by atoms with Crippen molar-refractivity contribution in [1.29, 1.82) is 0 Å². The van der Waals surface area contributed by atoms with Crippen LogP contribution in [0.2, 0.25) is 0 Å². The maximum atomic E-state index is 12.0. The molecule has 5 heteroatoms. The Kier molecular flexibility index (Phi) is 5.51. The molecule has 0 aromatic heterocycles. The molecule has 19 heavy (non-hydrogen) atoms. The lowest BCUT2D eigenvalue weighted by Gasteiger charge is -2.24. The highest BCUT2D eigenvalue weighted by atomic mass is 19.4. The van der Waals surface area contributed by atoms with Gasteiger partial charge in [-0.25, -0.2) is 0 Å². The van der Waals surface area contributed by atoms with E-state index < -0.39 is 12.8 Å². The maximum absolute atomic E-state index is 12.0. The Morgan fingerprint density at radius 3 is 2.37 bits per heavy atom. The summed E-state index contributed by atoms with van der Waals surface area (Å²) >= 11 is 0. The third-order valence-electron chi connectivity index (χ3n) is 4.21. The van der Waals surface area contributed by atoms with Crippen molar-refractivity contribution in [2.45, 2.75) is 57.2 Å². The maximum Gasteiger partial charge on any atom is 0.411 e. The number of alkyl halides is 3. The lowest BCUT2D eigenvalue weighted by Crippen LogP contribution is -2.30. The van der Waals surface area contributed by atoms with E-state index in [-0.39, 0.29) is 6.61 Å². The fraction of sp³-hybridized carbons (Fsp3) is 1.00. The van der Waals surface area contributed by atoms with Gasteiger partial charge in [-0.05, 0) is 37.6 Å². The van der Waals surface area contributed by atoms with Crippen LogP contribution < -0.4 is 5.32 Å². The summed E-state index contributed by atoms with van der Waals surface area (Å²) in [6.07, 6.45) is 4.06. The minimum atomic E-state index is -4.20. The molecule has 0 saturated heterocycles. The summed E-state index contributed by atoms with van der Waals surface area (Å²) < 4.78 is 40.8. The first-order valence-electron chi connectivity index (χ1n) is 7.42. The highest BCUT2D eigenvalue weighted by molar-refractivity contribution is 4.84. The lowest BCUT2D eigenvalue weighted by molar-refractivity contribution is -0.174. The van der Waals surface area contributed by atoms with Crippen LogP contribution in [0.3, 0.4) is 0 Å². The number of ether oxygens (including phenoxy) is 1. The molecule has 0 heterocycles. The second kappa shape index (κ2) is 6.93. The average Bonchev–Trinajstić information content (AvgIpc) is 3.00. The fourth-order valence-electron chi connectivity index (χ4n) is 2.96. The topological polar surface area (TPSA) is 21.3 Å². The molecule has 0 amide bonds. The Bertz CT molecular complexity index is 260. The summed E-state index contributed by atoms with van der Waals surface area (Å²) in [6.45, 7) is 0.0676. The first kappa shape index (κ1) is 15.1. The molecule has 0 aromatic carbocycles. The van der Waals surface area contributed by atoms with E-state index in [0.29, 0.717) is 17.9 Å². The van der Waals surface area contributed by atoms with Crippen LogP contribution in [0, 0.1) is 11.8 Å². The molecule has 2 saturated carbocycles. The van der Waals surface area contributed by atoms with E-state index in [2.05, 4.69) is 5.32 Å². The standard InChI is InChI=1S/C14H24F3NO/c15-14(16,17)10-19-8-7-12(9-18-13-5-6-13)11-3-1-2-4-11/h11-13,18H,1-10H2. The van der Waals surface area contributed by atoms with E-state index >= 15 is 0 Å². The number of nitrogens with one attached hydrogen (secondary N) is 1. The predicted octanol–water partition coefficient (Wildman–Crippen LogP) is 3.51. The molecule has 0 bridgehead atoms. The Balaban J connectivity index is 1.66. The zero-order valence-electron chi connectivity index (χ0n) is 11.3. The minimum Gasteiger partial charge on any atom is -0.372 e. The van der Waals surface area contributed by atoms with E-state index in [1.165, 1.54) is 38.5 Å². The Hall–Kier alpha value is -0.290. The van der Waals surface area contributed by atoms with E-state index in [1.807, 2.05) is 0 Å². The molecule has 1 N–H and O–H groups in total. The number of rotatable bonds is 8. The molecule has 1 atom stereocenters. The summed E-state index contributed by atoms with van der Waals surface area (Å²) in [6, 6.07) is 0.667. The van der Waals surface area contributed by atoms with Crippen molar-refractivity contribution < 1.29 is 17.9 Å². The van der Waals surface area contributed by atoms with Crippen LogP contribution in [-0.4, -0.2) is 32.0 Å². The molecule has 2 aliphatic carbocycles. The van der Waals surface area contributed by atoms with Crippen LogP contribution >= 0.6 is 0 Å². The molecule has 2 nitrogen and oxygen atoms in total. The van der Waals surface area contributed by atoms with Crippen molar-refractivity contribution in [2.24, 2.45) is 11.8 Å². The van der Waals surface area contributed by atoms with Crippen LogP contribution in [0.25, 0.3) is 0 Å². The summed E-state index contributed by atoms with van der Waals surface area (Å²) in [7, 11) is 0. The minimum absolute atomic E-state index is 0.229. The van der Waals surface area contributed by atoms with Crippen molar-refractivity contribution in [3.8, 4) is 0 Å². The molecule has 2 rings (SSSR count). The molecule has 0 radical (unpaired) electrons. The quantitative estimate of drug-likeness (QED) is 0.686. The van der Waals surface area contributed by atoms with Gasteiger partial charge >= 0.3 is 6.18 Å². The molecular formula is C14H24F3NO. The summed E-state index contributed by atoms with van der Waals surface area (Å²) in [5.41, 5.74) is 0. The van der Waals surface area contributed by atoms with Gasteiger partial charge in [0.25, 0.3) is 0 Å². The average molecular weight is 279 g/mol. The molecule has 0 spiro atoms. The first-order chi connectivity index (χ1) is 9.04. The number of halogens is 3. The first-order valence-corrected chi connectivity index (χ1v) is 7.42. The van der Waals surface area contributed by atoms with Gasteiger partial charge in [0.2, 0.25) is 0 Å². The van der Waals surface area contributed by atoms with Gasteiger partial charge in [0.1, 0.15) is 6.61 Å². The van der Waals surface area contributed by atoms with Crippen LogP contribution in [-0.2, 0) is 4.74 Å². The van der Waals surface area contributed by atoms with Crippen LogP contribution in [0.15, 0.2) is 0 Å². The summed E-state index contributed by atoms with van der Waals surface area (Å²) in [5.74, 6) is 1.16. The monoisotopic (exact) mass is 279 g/mol. The van der Waals surface area contributed by atoms with Gasteiger partial charge < -0.3 is 10.1 Å². The molecule has 0 aliphatic heterocycles. The highest BCUT2D eigenvalue weighted by Crippen LogP contribution is 2.33. The summed E-state index contributed by atoms with van der Waals surface area (Å²) in [5, 5.41) is 3.51. The second-order valence-electron chi connectivity index (χ2n) is 5.94. The molecule has 112 valence electrons. The van der Waals surface area contributed by atoms with Crippen molar-refractivity contribution in [1.82, 2.24) is 5.32 Å². The van der Waals surface area contributed by atoms with E-state index in [9.17, 15) is 13.2 Å². The number of hydrogen-bond donors (Lipinski definition) is 1. The van der Waals surface area contributed by atoms with E-state index in [4.69, 9.17) is 4.74 Å². The van der Waals surface area contributed by atoms with Crippen molar-refractivity contribution in [3.63, 3.8) is 0 Å². The molecule has 0 aromatic rings. The molecular weight excluding hydrogens is 255 g/mol. The van der Waals surface area contributed by atoms with E-state index in [1.54, 1.807) is 0 Å². The van der Waals surface area contributed by atoms with Crippen LogP contribution in [0.5, 0.6) is 0 Å². The van der Waals surface area contributed by atoms with Crippen LogP contribution in [0.1, 0.15) is 44.9 Å². The zero-order valence-corrected chi connectivity index (χ0v) is 11.3. The normalized spacial score (nSPS) is 22.9. The third-order valence-corrected chi connectivity index (χ3v) is 4.21. The molecule has 2 fully saturated rings. The van der Waals surface area contributed by atoms with Crippen molar-refractivity contribution >= 4 is 0 Å². The van der Waals surface area contributed by atoms with Gasteiger partial charge in [-0.3, -0.25) is 0 Å². The highest BCUT2D eigenvalue weighted by Gasteiger charge is 2.29. The Labute approximate surface area is 113 Å². The van der Waals surface area contributed by atoms with Gasteiger partial charge in [0.15, 0.2) is 0 Å². The zero-order chi connectivity index (χ0) is 13.7. The van der Waals surface area contributed by atoms with Gasteiger partial charge in [-0.15, -0.1) is 0 Å². The second-order valence-corrected chi connectivity index (χ2v) is 5.94. The van der Waals surface area contributed by atoms with Gasteiger partial charge in [0.05, 0.1) is 0 Å². The lowest BCUT2D eigenvalue weighted by atomic mass is 9.88. The fourth-order valence-corrected chi connectivity index (χ4v) is 2.96. The van der Waals surface area contributed by atoms with E-state index in [0.717, 1.165) is 13.0 Å². The predicted molar refractivity (Wildman–Crippen MR) is 68.0 cm³/mol. The third kappa shape index (κ3) is 6.13. The van der Waals surface area contributed by atoms with Gasteiger partial charge in [0, 0.05) is 12.6 Å².